The molecule has 3 aromatic rings. The van der Waals surface area contributed by atoms with Gasteiger partial charge in [0.2, 0.25) is 0 Å². The maximum Gasteiger partial charge on any atom is 0.0485 e. The number of anilines is 2. The van der Waals surface area contributed by atoms with Crippen LogP contribution in [0, 0.1) is 11.8 Å². The molecule has 4 aliphatic rings. The van der Waals surface area contributed by atoms with Crippen molar-refractivity contribution >= 4 is 22.5 Å². The van der Waals surface area contributed by atoms with E-state index in [9.17, 15) is 20.4 Å². The Bertz CT molecular complexity index is 1600. The Morgan fingerprint density at radius 3 is 1.40 bits per heavy atom. The fraction of sp³-hybridized carbons (Fsp3) is 0.381. The molecule has 4 atom stereocenters. The predicted molar refractivity (Wildman–Crippen MR) is 186 cm³/mol. The third-order valence-electron chi connectivity index (χ3n) is 10.8. The number of benzene rings is 3. The van der Waals surface area contributed by atoms with Gasteiger partial charge in [-0.25, -0.2) is 0 Å². The van der Waals surface area contributed by atoms with Gasteiger partial charge in [-0.05, 0) is 83.1 Å². The van der Waals surface area contributed by atoms with E-state index in [1.54, 1.807) is 24.3 Å². The van der Waals surface area contributed by atoms with E-state index in [1.807, 2.05) is 48.6 Å². The van der Waals surface area contributed by atoms with Gasteiger partial charge in [0.1, 0.15) is 0 Å². The van der Waals surface area contributed by atoms with Gasteiger partial charge < -0.3 is 30.2 Å². The Kier molecular flexibility index (Phi) is 9.43. The van der Waals surface area contributed by atoms with E-state index in [0.717, 1.165) is 72.4 Å². The molecule has 250 valence electrons. The van der Waals surface area contributed by atoms with Gasteiger partial charge >= 0.3 is 0 Å². The molecular formula is C42H44N2O4-4. The van der Waals surface area contributed by atoms with Gasteiger partial charge in [-0.1, -0.05) is 99.5 Å². The highest BCUT2D eigenvalue weighted by molar-refractivity contribution is 5.87. The molecule has 6 heteroatoms. The highest BCUT2D eigenvalue weighted by Crippen LogP contribution is 2.46. The molecule has 2 fully saturated rings. The van der Waals surface area contributed by atoms with Gasteiger partial charge in [-0.15, -0.1) is 24.4 Å². The summed E-state index contributed by atoms with van der Waals surface area (Å²) in [6.45, 7) is 6.19. The molecule has 0 bridgehead atoms. The lowest BCUT2D eigenvalue weighted by Crippen LogP contribution is -2.65. The molecule has 7 rings (SSSR count). The Labute approximate surface area is 284 Å². The minimum atomic E-state index is -1.09. The lowest BCUT2D eigenvalue weighted by atomic mass is 9.62. The fourth-order valence-electron chi connectivity index (χ4n) is 7.90. The van der Waals surface area contributed by atoms with Crippen LogP contribution in [0.1, 0.15) is 73.6 Å². The van der Waals surface area contributed by atoms with Crippen LogP contribution in [-0.2, 0) is 0 Å². The van der Waals surface area contributed by atoms with Gasteiger partial charge in [-0.2, -0.15) is 0 Å². The molecule has 48 heavy (non-hydrogen) atoms. The molecule has 2 aliphatic carbocycles. The van der Waals surface area contributed by atoms with Crippen molar-refractivity contribution in [2.45, 2.75) is 75.8 Å². The van der Waals surface area contributed by atoms with Crippen LogP contribution in [0.5, 0.6) is 0 Å². The Hall–Kier alpha value is -3.94. The highest BCUT2D eigenvalue weighted by atomic mass is 16.3. The zero-order valence-electron chi connectivity index (χ0n) is 27.8. The molecule has 6 nitrogen and oxygen atoms in total. The van der Waals surface area contributed by atoms with E-state index in [2.05, 4.69) is 60.3 Å². The maximum atomic E-state index is 13.6. The molecule has 2 heterocycles. The van der Waals surface area contributed by atoms with Gasteiger partial charge in [0.15, 0.2) is 0 Å². The summed E-state index contributed by atoms with van der Waals surface area (Å²) in [7, 11) is 0. The van der Waals surface area contributed by atoms with E-state index in [0.29, 0.717) is 11.1 Å². The first kappa shape index (κ1) is 32.6. The average Bonchev–Trinajstić information content (AvgIpc) is 3.12. The quantitative estimate of drug-likeness (QED) is 0.325. The Morgan fingerprint density at radius 2 is 0.979 bits per heavy atom. The van der Waals surface area contributed by atoms with E-state index in [4.69, 9.17) is 0 Å². The standard InChI is InChI=1S/C42H44N2O4/c1-3-5-20-43-22-18-27(31-14-7-9-16-35(31)43)25-33-39(45)37(40(33)46)29-12-11-13-30(24-29)38-41(47)34(42(38)48)26-28-19-23-44(21-6-4-2)36-17-10-8-15-32(28)36/h7-19,22-26,33-34,37-42H,3-6,20-21H2,1-2H3/q-4. The second kappa shape index (κ2) is 13.9. The number of rotatable bonds is 10. The van der Waals surface area contributed by atoms with Crippen molar-refractivity contribution in [3.63, 3.8) is 0 Å². The smallest absolute Gasteiger partial charge is 0.0485 e. The van der Waals surface area contributed by atoms with Crippen molar-refractivity contribution in [2.24, 2.45) is 11.8 Å². The van der Waals surface area contributed by atoms with E-state index < -0.39 is 48.1 Å². The van der Waals surface area contributed by atoms with Crippen LogP contribution < -0.4 is 30.2 Å². The second-order valence-corrected chi connectivity index (χ2v) is 13.7. The first-order valence-electron chi connectivity index (χ1n) is 17.7. The van der Waals surface area contributed by atoms with Crippen LogP contribution in [0.2, 0.25) is 0 Å². The molecule has 0 N–H and O–H groups in total. The number of hydrogen-bond acceptors (Lipinski definition) is 6. The minimum absolute atomic E-state index is 0.642. The summed E-state index contributed by atoms with van der Waals surface area (Å²) in [6.07, 6.45) is 11.9. The Morgan fingerprint density at radius 1 is 0.562 bits per heavy atom. The highest BCUT2D eigenvalue weighted by Gasteiger charge is 2.39. The number of unbranched alkanes of at least 4 members (excludes halogenated alkanes) is 2. The van der Waals surface area contributed by atoms with Crippen LogP contribution in [0.15, 0.2) is 110 Å². The summed E-state index contributed by atoms with van der Waals surface area (Å²) >= 11 is 0. The summed E-state index contributed by atoms with van der Waals surface area (Å²) in [4.78, 5) is 4.46. The van der Waals surface area contributed by atoms with Crippen molar-refractivity contribution in [2.75, 3.05) is 22.9 Å². The summed E-state index contributed by atoms with van der Waals surface area (Å²) < 4.78 is 0. The SMILES string of the molecule is CCCCN1C=CC(=CC2C([O-])C(c3cccc(C4C([O-])C(C=C5C=CN(CCCC)c6ccccc65)C4[O-])c3)C2[O-])c2ccccc21. The van der Waals surface area contributed by atoms with Crippen LogP contribution in [0.3, 0.4) is 0 Å². The van der Waals surface area contributed by atoms with Crippen molar-refractivity contribution in [1.29, 1.82) is 0 Å². The molecule has 3 aromatic carbocycles. The number of allylic oxidation sites excluding steroid dienone is 4. The predicted octanol–water partition coefficient (Wildman–Crippen LogP) is 4.46. The largest absolute Gasteiger partial charge is 0.851 e. The number of para-hydroxylation sites is 2. The number of fused-ring (bicyclic) bond motifs is 2. The molecule has 2 saturated carbocycles. The topological polar surface area (TPSA) is 98.7 Å². The van der Waals surface area contributed by atoms with Crippen LogP contribution in [-0.4, -0.2) is 37.5 Å². The molecule has 0 amide bonds. The van der Waals surface area contributed by atoms with Gasteiger partial charge in [0, 0.05) is 48.0 Å². The number of nitrogens with zero attached hydrogens (tertiary/aromatic N) is 2. The lowest BCUT2D eigenvalue weighted by Gasteiger charge is -2.62. The van der Waals surface area contributed by atoms with Gasteiger partial charge in [0.25, 0.3) is 0 Å². The normalized spacial score (nSPS) is 30.6. The molecule has 0 saturated heterocycles. The van der Waals surface area contributed by atoms with E-state index in [-0.39, 0.29) is 0 Å². The molecule has 2 aliphatic heterocycles. The third-order valence-corrected chi connectivity index (χ3v) is 10.8. The zero-order chi connectivity index (χ0) is 33.4. The molecule has 0 aromatic heterocycles. The molecule has 0 radical (unpaired) electrons. The summed E-state index contributed by atoms with van der Waals surface area (Å²) in [5, 5.41) is 54.3. The first-order valence-corrected chi connectivity index (χ1v) is 17.7. The van der Waals surface area contributed by atoms with Gasteiger partial charge in [0.05, 0.1) is 0 Å². The summed E-state index contributed by atoms with van der Waals surface area (Å²) in [5.74, 6) is -2.69. The second-order valence-electron chi connectivity index (χ2n) is 13.7. The van der Waals surface area contributed by atoms with Crippen LogP contribution in [0.4, 0.5) is 11.4 Å². The molecular weight excluding hydrogens is 596 g/mol. The zero-order valence-corrected chi connectivity index (χ0v) is 27.8. The van der Waals surface area contributed by atoms with Crippen molar-refractivity contribution < 1.29 is 20.4 Å². The molecule has 0 spiro atoms. The summed E-state index contributed by atoms with van der Waals surface area (Å²) in [6, 6.07) is 23.5. The maximum absolute atomic E-state index is 13.6. The van der Waals surface area contributed by atoms with Crippen molar-refractivity contribution in [3.8, 4) is 0 Å². The lowest BCUT2D eigenvalue weighted by molar-refractivity contribution is -0.543. The van der Waals surface area contributed by atoms with E-state index in [1.165, 1.54) is 0 Å². The summed E-state index contributed by atoms with van der Waals surface area (Å²) in [5.41, 5.74) is 7.40. The minimum Gasteiger partial charge on any atom is -0.851 e. The van der Waals surface area contributed by atoms with Crippen molar-refractivity contribution in [3.05, 3.63) is 132 Å². The molecule has 4 unspecified atom stereocenters. The fourth-order valence-corrected chi connectivity index (χ4v) is 7.90. The number of hydrogen-bond donors (Lipinski definition) is 0. The van der Waals surface area contributed by atoms with Crippen LogP contribution in [0.25, 0.3) is 11.1 Å². The van der Waals surface area contributed by atoms with E-state index >= 15 is 0 Å². The van der Waals surface area contributed by atoms with Crippen LogP contribution >= 0.6 is 0 Å². The Balaban J connectivity index is 1.06. The third kappa shape index (κ3) is 5.85. The van der Waals surface area contributed by atoms with Crippen molar-refractivity contribution in [1.82, 2.24) is 0 Å². The van der Waals surface area contributed by atoms with Gasteiger partial charge in [-0.3, -0.25) is 0 Å². The monoisotopic (exact) mass is 640 g/mol. The first-order chi connectivity index (χ1) is 23.4. The average molecular weight is 641 g/mol.